The topological polar surface area (TPSA) is 35.5 Å². The molecule has 2 aromatic rings. The minimum Gasteiger partial charge on any atom is -0.497 e. The average Bonchev–Trinajstić information content (AvgIpc) is 3.00. The van der Waals surface area contributed by atoms with Crippen LogP contribution >= 0.6 is 0 Å². The van der Waals surface area contributed by atoms with Crippen molar-refractivity contribution < 1.29 is 14.3 Å². The molecule has 21 heavy (non-hydrogen) atoms. The fourth-order valence-electron chi connectivity index (χ4n) is 2.67. The van der Waals surface area contributed by atoms with Crippen molar-refractivity contribution in [3.63, 3.8) is 0 Å². The molecular formula is C18H18O3. The first-order chi connectivity index (χ1) is 10.3. The minimum atomic E-state index is -0.0469. The second-order valence-corrected chi connectivity index (χ2v) is 5.23. The van der Waals surface area contributed by atoms with Gasteiger partial charge in [0.15, 0.2) is 12.4 Å². The zero-order chi connectivity index (χ0) is 14.7. The van der Waals surface area contributed by atoms with E-state index < -0.39 is 0 Å². The van der Waals surface area contributed by atoms with Gasteiger partial charge in [-0.15, -0.1) is 0 Å². The smallest absolute Gasteiger partial charge is 0.200 e. The Labute approximate surface area is 124 Å². The highest BCUT2D eigenvalue weighted by atomic mass is 16.5. The molecule has 1 aliphatic carbocycles. The van der Waals surface area contributed by atoms with Crippen molar-refractivity contribution in [3.8, 4) is 11.5 Å². The van der Waals surface area contributed by atoms with Crippen LogP contribution < -0.4 is 9.47 Å². The second-order valence-electron chi connectivity index (χ2n) is 5.23. The van der Waals surface area contributed by atoms with Crippen LogP contribution in [0.1, 0.15) is 27.9 Å². The predicted molar refractivity (Wildman–Crippen MR) is 81.3 cm³/mol. The highest BCUT2D eigenvalue weighted by molar-refractivity contribution is 5.97. The number of carbonyl (C=O) groups is 1. The molecule has 3 heteroatoms. The fraction of sp³-hybridized carbons (Fsp3) is 0.278. The largest absolute Gasteiger partial charge is 0.497 e. The van der Waals surface area contributed by atoms with E-state index in [1.165, 1.54) is 17.5 Å². The van der Waals surface area contributed by atoms with Crippen LogP contribution in [0.5, 0.6) is 11.5 Å². The van der Waals surface area contributed by atoms with E-state index >= 15 is 0 Å². The van der Waals surface area contributed by atoms with E-state index in [-0.39, 0.29) is 12.4 Å². The molecule has 0 radical (unpaired) electrons. The van der Waals surface area contributed by atoms with E-state index in [1.54, 1.807) is 19.2 Å². The maximum absolute atomic E-state index is 12.1. The lowest BCUT2D eigenvalue weighted by molar-refractivity contribution is 0.0921. The van der Waals surface area contributed by atoms with Gasteiger partial charge in [0.25, 0.3) is 0 Å². The molecule has 0 heterocycles. The number of hydrogen-bond acceptors (Lipinski definition) is 3. The van der Waals surface area contributed by atoms with Crippen molar-refractivity contribution in [2.75, 3.05) is 13.7 Å². The zero-order valence-electron chi connectivity index (χ0n) is 12.1. The van der Waals surface area contributed by atoms with Gasteiger partial charge in [-0.2, -0.15) is 0 Å². The molecule has 0 spiro atoms. The Morgan fingerprint density at radius 1 is 1.05 bits per heavy atom. The van der Waals surface area contributed by atoms with E-state index in [0.29, 0.717) is 11.3 Å². The van der Waals surface area contributed by atoms with Gasteiger partial charge in [-0.1, -0.05) is 18.2 Å². The molecule has 0 atom stereocenters. The first kappa shape index (κ1) is 13.7. The van der Waals surface area contributed by atoms with Crippen LogP contribution in [0.2, 0.25) is 0 Å². The standard InChI is InChI=1S/C18H18O3/c1-20-16-7-3-6-15(11-16)18(19)12-21-17-9-8-13-4-2-5-14(13)10-17/h3,6-11H,2,4-5,12H2,1H3. The number of methoxy groups -OCH3 is 1. The Morgan fingerprint density at radius 3 is 2.76 bits per heavy atom. The Hall–Kier alpha value is -2.29. The minimum absolute atomic E-state index is 0.0469. The summed E-state index contributed by atoms with van der Waals surface area (Å²) in [5.41, 5.74) is 3.36. The second kappa shape index (κ2) is 6.00. The monoisotopic (exact) mass is 282 g/mol. The van der Waals surface area contributed by atoms with Gasteiger partial charge in [0.2, 0.25) is 0 Å². The molecule has 0 bridgehead atoms. The van der Waals surface area contributed by atoms with E-state index in [9.17, 15) is 4.79 Å². The van der Waals surface area contributed by atoms with Crippen molar-refractivity contribution in [2.24, 2.45) is 0 Å². The normalized spacial score (nSPS) is 12.8. The van der Waals surface area contributed by atoms with Gasteiger partial charge in [-0.25, -0.2) is 0 Å². The van der Waals surface area contributed by atoms with Crippen LogP contribution in [0.25, 0.3) is 0 Å². The molecule has 2 aromatic carbocycles. The summed E-state index contributed by atoms with van der Waals surface area (Å²) in [4.78, 5) is 12.1. The van der Waals surface area contributed by atoms with E-state index in [1.807, 2.05) is 18.2 Å². The van der Waals surface area contributed by atoms with Gasteiger partial charge >= 0.3 is 0 Å². The van der Waals surface area contributed by atoms with Crippen molar-refractivity contribution in [3.05, 3.63) is 59.2 Å². The van der Waals surface area contributed by atoms with Crippen LogP contribution in [0.3, 0.4) is 0 Å². The lowest BCUT2D eigenvalue weighted by atomic mass is 10.1. The number of rotatable bonds is 5. The number of aryl methyl sites for hydroxylation is 2. The summed E-state index contributed by atoms with van der Waals surface area (Å²) in [6, 6.07) is 13.2. The quantitative estimate of drug-likeness (QED) is 0.788. The molecule has 0 aromatic heterocycles. The molecule has 0 unspecified atom stereocenters. The first-order valence-electron chi connectivity index (χ1n) is 7.18. The van der Waals surface area contributed by atoms with Crippen LogP contribution in [-0.4, -0.2) is 19.5 Å². The van der Waals surface area contributed by atoms with Crippen LogP contribution in [0.4, 0.5) is 0 Å². The molecule has 3 rings (SSSR count). The third-order valence-electron chi connectivity index (χ3n) is 3.83. The van der Waals surface area contributed by atoms with Crippen molar-refractivity contribution in [1.29, 1.82) is 0 Å². The van der Waals surface area contributed by atoms with Crippen LogP contribution in [0.15, 0.2) is 42.5 Å². The molecule has 0 fully saturated rings. The van der Waals surface area contributed by atoms with Gasteiger partial charge in [0, 0.05) is 5.56 Å². The molecule has 1 aliphatic rings. The molecule has 108 valence electrons. The number of carbonyl (C=O) groups excluding carboxylic acids is 1. The van der Waals surface area contributed by atoms with E-state index in [2.05, 4.69) is 12.1 Å². The first-order valence-corrected chi connectivity index (χ1v) is 7.18. The van der Waals surface area contributed by atoms with E-state index in [4.69, 9.17) is 9.47 Å². The van der Waals surface area contributed by atoms with Crippen molar-refractivity contribution >= 4 is 5.78 Å². The summed E-state index contributed by atoms with van der Waals surface area (Å²) in [7, 11) is 1.59. The van der Waals surface area contributed by atoms with E-state index in [0.717, 1.165) is 18.6 Å². The summed E-state index contributed by atoms with van der Waals surface area (Å²) in [6.07, 6.45) is 3.47. The van der Waals surface area contributed by atoms with Crippen LogP contribution in [-0.2, 0) is 12.8 Å². The third kappa shape index (κ3) is 3.07. The van der Waals surface area contributed by atoms with Gasteiger partial charge in [0.1, 0.15) is 11.5 Å². The molecule has 0 amide bonds. The molecule has 0 saturated heterocycles. The lowest BCUT2D eigenvalue weighted by Gasteiger charge is -2.08. The zero-order valence-corrected chi connectivity index (χ0v) is 12.1. The van der Waals surface area contributed by atoms with Crippen molar-refractivity contribution in [2.45, 2.75) is 19.3 Å². The lowest BCUT2D eigenvalue weighted by Crippen LogP contribution is -2.11. The highest BCUT2D eigenvalue weighted by Gasteiger charge is 2.12. The molecule has 0 N–H and O–H groups in total. The van der Waals surface area contributed by atoms with Gasteiger partial charge in [0.05, 0.1) is 7.11 Å². The summed E-state index contributed by atoms with van der Waals surface area (Å²) in [5, 5.41) is 0. The summed E-state index contributed by atoms with van der Waals surface area (Å²) >= 11 is 0. The fourth-order valence-corrected chi connectivity index (χ4v) is 2.67. The van der Waals surface area contributed by atoms with Crippen LogP contribution in [0, 0.1) is 0 Å². The maximum Gasteiger partial charge on any atom is 0.200 e. The van der Waals surface area contributed by atoms with Crippen molar-refractivity contribution in [1.82, 2.24) is 0 Å². The number of benzene rings is 2. The SMILES string of the molecule is COc1cccc(C(=O)COc2ccc3c(c2)CCC3)c1. The molecule has 0 aliphatic heterocycles. The summed E-state index contributed by atoms with van der Waals surface area (Å²) < 4.78 is 10.8. The Bertz CT molecular complexity index is 661. The van der Waals surface area contributed by atoms with Gasteiger partial charge in [-0.05, 0) is 54.7 Å². The summed E-state index contributed by atoms with van der Waals surface area (Å²) in [6.45, 7) is 0.0476. The number of Topliss-reactive ketones (excluding diaryl/α,β-unsaturated/α-hetero) is 1. The number of ether oxygens (including phenoxy) is 2. The number of ketones is 1. The highest BCUT2D eigenvalue weighted by Crippen LogP contribution is 2.26. The van der Waals surface area contributed by atoms with Gasteiger partial charge in [-0.3, -0.25) is 4.79 Å². The average molecular weight is 282 g/mol. The molecule has 3 nitrogen and oxygen atoms in total. The Morgan fingerprint density at radius 2 is 1.90 bits per heavy atom. The summed E-state index contributed by atoms with van der Waals surface area (Å²) in [5.74, 6) is 1.40. The maximum atomic E-state index is 12.1. The number of hydrogen-bond donors (Lipinski definition) is 0. The Balaban J connectivity index is 1.65. The van der Waals surface area contributed by atoms with Gasteiger partial charge < -0.3 is 9.47 Å². The molecular weight excluding hydrogens is 264 g/mol. The Kier molecular flexibility index (Phi) is 3.91. The predicted octanol–water partition coefficient (Wildman–Crippen LogP) is 3.45. The number of fused-ring (bicyclic) bond motifs is 1. The third-order valence-corrected chi connectivity index (χ3v) is 3.83. The molecule has 0 saturated carbocycles.